The molecule has 1 aliphatic carbocycles. The molecule has 1 amide bonds. The normalized spacial score (nSPS) is 13.4. The zero-order chi connectivity index (χ0) is 25.4. The van der Waals surface area contributed by atoms with Crippen molar-refractivity contribution in [2.24, 2.45) is 4.99 Å². The van der Waals surface area contributed by atoms with Crippen LogP contribution in [-0.4, -0.2) is 17.1 Å². The molecule has 186 valence electrons. The van der Waals surface area contributed by atoms with Crippen molar-refractivity contribution in [3.05, 3.63) is 99.3 Å². The summed E-state index contributed by atoms with van der Waals surface area (Å²) in [5, 5.41) is 4.97. The molecule has 0 unspecified atom stereocenters. The minimum Gasteiger partial charge on any atom is -0.467 e. The van der Waals surface area contributed by atoms with Crippen molar-refractivity contribution in [3.63, 3.8) is 0 Å². The molecule has 0 spiro atoms. The summed E-state index contributed by atoms with van der Waals surface area (Å²) in [5.74, 6) is 0.649. The molecule has 3 heterocycles. The van der Waals surface area contributed by atoms with Gasteiger partial charge in [0.25, 0.3) is 5.91 Å². The molecule has 0 aliphatic heterocycles. The van der Waals surface area contributed by atoms with Gasteiger partial charge in [0.05, 0.1) is 24.1 Å². The average Bonchev–Trinajstić information content (AvgIpc) is 3.64. The number of hydrogen-bond donors (Lipinski definition) is 2. The lowest BCUT2D eigenvalue weighted by Gasteiger charge is -2.12. The summed E-state index contributed by atoms with van der Waals surface area (Å²) in [7, 11) is 0. The number of benzene rings is 2. The molecule has 2 aromatic carbocycles. The number of aryl methyl sites for hydroxylation is 3. The fourth-order valence-corrected chi connectivity index (χ4v) is 6.54. The number of aromatic amines is 1. The van der Waals surface area contributed by atoms with Gasteiger partial charge in [0, 0.05) is 27.6 Å². The van der Waals surface area contributed by atoms with Gasteiger partial charge in [0.15, 0.2) is 0 Å². The lowest BCUT2D eigenvalue weighted by molar-refractivity contribution is 0.0948. The van der Waals surface area contributed by atoms with Crippen LogP contribution >= 0.6 is 11.3 Å². The van der Waals surface area contributed by atoms with E-state index in [1.165, 1.54) is 16.0 Å². The van der Waals surface area contributed by atoms with Crippen LogP contribution in [0, 0.1) is 13.8 Å². The van der Waals surface area contributed by atoms with Gasteiger partial charge in [-0.15, -0.1) is 11.3 Å². The molecule has 6 heteroatoms. The molecule has 6 rings (SSSR count). The molecule has 3 aromatic heterocycles. The predicted molar refractivity (Wildman–Crippen MR) is 151 cm³/mol. The number of aromatic nitrogens is 1. The third-order valence-electron chi connectivity index (χ3n) is 7.05. The molecular weight excluding hydrogens is 478 g/mol. The number of amides is 1. The average molecular weight is 508 g/mol. The summed E-state index contributed by atoms with van der Waals surface area (Å²) in [6.07, 6.45) is 7.76. The summed E-state index contributed by atoms with van der Waals surface area (Å²) in [6, 6.07) is 18.5. The van der Waals surface area contributed by atoms with Gasteiger partial charge < -0.3 is 14.7 Å². The summed E-state index contributed by atoms with van der Waals surface area (Å²) >= 11 is 1.66. The Morgan fingerprint density at radius 1 is 1.11 bits per heavy atom. The van der Waals surface area contributed by atoms with E-state index < -0.39 is 0 Å². The number of carbonyl (C=O) groups is 1. The number of carbonyl (C=O) groups excluding carboxylic acids is 1. The van der Waals surface area contributed by atoms with Crippen LogP contribution in [0.2, 0.25) is 0 Å². The van der Waals surface area contributed by atoms with Gasteiger partial charge in [-0.05, 0) is 74.4 Å². The van der Waals surface area contributed by atoms with E-state index in [9.17, 15) is 4.79 Å². The van der Waals surface area contributed by atoms with Gasteiger partial charge in [-0.1, -0.05) is 42.0 Å². The lowest BCUT2D eigenvalue weighted by atomic mass is 9.95. The highest BCUT2D eigenvalue weighted by molar-refractivity contribution is 7.16. The van der Waals surface area contributed by atoms with E-state index in [0.29, 0.717) is 6.54 Å². The second kappa shape index (κ2) is 9.87. The third kappa shape index (κ3) is 4.53. The molecule has 0 fully saturated rings. The van der Waals surface area contributed by atoms with Gasteiger partial charge >= 0.3 is 0 Å². The molecular formula is C31H29N3O2S. The van der Waals surface area contributed by atoms with E-state index in [2.05, 4.69) is 60.5 Å². The Kier molecular flexibility index (Phi) is 6.26. The van der Waals surface area contributed by atoms with E-state index in [-0.39, 0.29) is 5.91 Å². The second-order valence-corrected chi connectivity index (χ2v) is 10.8. The van der Waals surface area contributed by atoms with Crippen LogP contribution in [0.25, 0.3) is 22.2 Å². The highest BCUT2D eigenvalue weighted by atomic mass is 32.1. The van der Waals surface area contributed by atoms with Crippen molar-refractivity contribution in [1.82, 2.24) is 10.3 Å². The first-order valence-electron chi connectivity index (χ1n) is 12.8. The summed E-state index contributed by atoms with van der Waals surface area (Å²) in [4.78, 5) is 23.4. The fourth-order valence-electron chi connectivity index (χ4n) is 5.31. The zero-order valence-electron chi connectivity index (χ0n) is 21.1. The first kappa shape index (κ1) is 23.5. The van der Waals surface area contributed by atoms with Crippen LogP contribution in [0.4, 0.5) is 5.00 Å². The first-order chi connectivity index (χ1) is 18.1. The van der Waals surface area contributed by atoms with E-state index in [1.807, 2.05) is 24.4 Å². The number of rotatable bonds is 6. The van der Waals surface area contributed by atoms with E-state index >= 15 is 0 Å². The highest BCUT2D eigenvalue weighted by Gasteiger charge is 2.25. The fraction of sp³-hybridized carbons (Fsp3) is 0.226. The van der Waals surface area contributed by atoms with E-state index in [1.54, 1.807) is 17.6 Å². The standard InChI is InChI=1S/C31H29N3O2S/c1-19-15-20(2)28-24(16-19)25(29(34-28)21-9-4-3-5-10-21)18-33-31-27(23-12-6-7-13-26(23)37-31)30(35)32-17-22-11-8-14-36-22/h3-5,8-11,14-16,18,34H,6-7,12-13,17H2,1-2H3,(H,32,35). The van der Waals surface area contributed by atoms with Crippen molar-refractivity contribution < 1.29 is 9.21 Å². The number of hydrogen-bond acceptors (Lipinski definition) is 4. The Morgan fingerprint density at radius 3 is 2.76 bits per heavy atom. The van der Waals surface area contributed by atoms with E-state index in [4.69, 9.17) is 9.41 Å². The minimum absolute atomic E-state index is 0.0863. The SMILES string of the molecule is Cc1cc(C)c2[nH]c(-c3ccccc3)c(C=Nc3sc4c(c3C(=O)NCc3ccco3)CCCC4)c2c1. The van der Waals surface area contributed by atoms with Crippen LogP contribution in [-0.2, 0) is 19.4 Å². The maximum atomic E-state index is 13.4. The summed E-state index contributed by atoms with van der Waals surface area (Å²) < 4.78 is 5.41. The molecule has 0 atom stereocenters. The van der Waals surface area contributed by atoms with Crippen LogP contribution in [0.5, 0.6) is 0 Å². The van der Waals surface area contributed by atoms with Gasteiger partial charge in [-0.3, -0.25) is 4.79 Å². The van der Waals surface area contributed by atoms with Crippen molar-refractivity contribution in [2.45, 2.75) is 46.1 Å². The van der Waals surface area contributed by atoms with Crippen LogP contribution in [0.15, 0.2) is 70.3 Å². The lowest BCUT2D eigenvalue weighted by Crippen LogP contribution is -2.23. The number of aliphatic imine (C=N–C) groups is 1. The van der Waals surface area contributed by atoms with E-state index in [0.717, 1.165) is 75.3 Å². The molecule has 0 saturated carbocycles. The quantitative estimate of drug-likeness (QED) is 0.232. The second-order valence-electron chi connectivity index (χ2n) is 9.70. The van der Waals surface area contributed by atoms with Gasteiger partial charge in [-0.2, -0.15) is 0 Å². The molecule has 0 saturated heterocycles. The monoisotopic (exact) mass is 507 g/mol. The highest BCUT2D eigenvalue weighted by Crippen LogP contribution is 2.40. The molecule has 5 aromatic rings. The summed E-state index contributed by atoms with van der Waals surface area (Å²) in [6.45, 7) is 4.62. The van der Waals surface area contributed by atoms with Gasteiger partial charge in [0.1, 0.15) is 10.8 Å². The number of nitrogens with zero attached hydrogens (tertiary/aromatic N) is 1. The topological polar surface area (TPSA) is 70.4 Å². The van der Waals surface area contributed by atoms with Gasteiger partial charge in [0.2, 0.25) is 0 Å². The Labute approximate surface area is 220 Å². The maximum absolute atomic E-state index is 13.4. The smallest absolute Gasteiger partial charge is 0.255 e. The van der Waals surface area contributed by atoms with Crippen molar-refractivity contribution in [3.8, 4) is 11.3 Å². The Morgan fingerprint density at radius 2 is 1.95 bits per heavy atom. The van der Waals surface area contributed by atoms with Crippen LogP contribution < -0.4 is 5.32 Å². The molecule has 0 radical (unpaired) electrons. The Balaban J connectivity index is 1.44. The molecule has 2 N–H and O–H groups in total. The predicted octanol–water partition coefficient (Wildman–Crippen LogP) is 7.67. The number of H-pyrrole nitrogens is 1. The number of nitrogens with one attached hydrogen (secondary N) is 2. The molecule has 1 aliphatic rings. The number of fused-ring (bicyclic) bond motifs is 2. The minimum atomic E-state index is -0.0863. The van der Waals surface area contributed by atoms with Crippen LogP contribution in [0.3, 0.4) is 0 Å². The van der Waals surface area contributed by atoms with Crippen molar-refractivity contribution in [2.75, 3.05) is 0 Å². The van der Waals surface area contributed by atoms with Crippen molar-refractivity contribution >= 4 is 39.4 Å². The molecule has 0 bridgehead atoms. The number of thiophene rings is 1. The van der Waals surface area contributed by atoms with Crippen LogP contribution in [0.1, 0.15) is 56.1 Å². The van der Waals surface area contributed by atoms with Crippen molar-refractivity contribution in [1.29, 1.82) is 0 Å². The molecule has 5 nitrogen and oxygen atoms in total. The molecule has 37 heavy (non-hydrogen) atoms. The maximum Gasteiger partial charge on any atom is 0.255 e. The zero-order valence-corrected chi connectivity index (χ0v) is 21.9. The van der Waals surface area contributed by atoms with Gasteiger partial charge in [-0.25, -0.2) is 4.99 Å². The Hall–Kier alpha value is -3.90. The summed E-state index contributed by atoms with van der Waals surface area (Å²) in [5.41, 5.74) is 8.61. The number of furan rings is 1. The Bertz CT molecular complexity index is 1610. The third-order valence-corrected chi connectivity index (χ3v) is 8.25. The largest absolute Gasteiger partial charge is 0.467 e. The first-order valence-corrected chi connectivity index (χ1v) is 13.6.